The summed E-state index contributed by atoms with van der Waals surface area (Å²) in [6.45, 7) is 2.17. The van der Waals surface area contributed by atoms with Crippen molar-refractivity contribution in [1.29, 1.82) is 0 Å². The molecule has 1 aromatic rings. The van der Waals surface area contributed by atoms with Gasteiger partial charge in [-0.05, 0) is 24.1 Å². The quantitative estimate of drug-likeness (QED) is 0.723. The van der Waals surface area contributed by atoms with Crippen molar-refractivity contribution in [3.05, 3.63) is 35.4 Å². The Kier molecular flexibility index (Phi) is 2.76. The van der Waals surface area contributed by atoms with Crippen LogP contribution in [0.4, 0.5) is 8.78 Å². The molecule has 0 bridgehead atoms. The number of hydrogen-bond acceptors (Lipinski definition) is 1. The van der Waals surface area contributed by atoms with Crippen LogP contribution in [-0.2, 0) is 0 Å². The Labute approximate surface area is 70.2 Å². The Bertz CT molecular complexity index is 273. The Morgan fingerprint density at radius 1 is 1.42 bits per heavy atom. The van der Waals surface area contributed by atoms with Crippen molar-refractivity contribution in [2.45, 2.75) is 12.8 Å². The lowest BCUT2D eigenvalue weighted by Crippen LogP contribution is -2.10. The molecule has 0 aromatic heterocycles. The molecule has 0 fully saturated rings. The second-order valence-corrected chi connectivity index (χ2v) is 2.80. The zero-order valence-corrected chi connectivity index (χ0v) is 6.85. The van der Waals surface area contributed by atoms with Gasteiger partial charge in [0.25, 0.3) is 0 Å². The smallest absolute Gasteiger partial charge is 0.129 e. The van der Waals surface area contributed by atoms with Crippen molar-refractivity contribution >= 4 is 0 Å². The van der Waals surface area contributed by atoms with Crippen LogP contribution in [-0.4, -0.2) is 6.54 Å². The molecule has 1 nitrogen and oxygen atoms in total. The monoisotopic (exact) mass is 171 g/mol. The summed E-state index contributed by atoms with van der Waals surface area (Å²) in [6.07, 6.45) is 0. The maximum absolute atomic E-state index is 13.0. The maximum atomic E-state index is 13.0. The van der Waals surface area contributed by atoms with Crippen LogP contribution < -0.4 is 5.73 Å². The van der Waals surface area contributed by atoms with Crippen LogP contribution in [0.2, 0.25) is 0 Å². The predicted molar refractivity (Wildman–Crippen MR) is 43.8 cm³/mol. The molecule has 1 aromatic carbocycles. The van der Waals surface area contributed by atoms with E-state index in [1.165, 1.54) is 12.1 Å². The first-order valence-electron chi connectivity index (χ1n) is 3.80. The molecule has 0 unspecified atom stereocenters. The first-order chi connectivity index (χ1) is 5.65. The fraction of sp³-hybridized carbons (Fsp3) is 0.333. The van der Waals surface area contributed by atoms with Crippen LogP contribution in [0.5, 0.6) is 0 Å². The molecule has 0 saturated heterocycles. The van der Waals surface area contributed by atoms with Crippen molar-refractivity contribution in [2.75, 3.05) is 6.54 Å². The topological polar surface area (TPSA) is 26.0 Å². The van der Waals surface area contributed by atoms with Crippen LogP contribution in [0, 0.1) is 11.6 Å². The summed E-state index contributed by atoms with van der Waals surface area (Å²) in [6, 6.07) is 3.55. The van der Waals surface area contributed by atoms with Gasteiger partial charge in [0.05, 0.1) is 0 Å². The summed E-state index contributed by atoms with van der Waals surface area (Å²) in [7, 11) is 0. The normalized spacial score (nSPS) is 13.0. The van der Waals surface area contributed by atoms with Crippen molar-refractivity contribution in [3.63, 3.8) is 0 Å². The molecule has 0 heterocycles. The van der Waals surface area contributed by atoms with Gasteiger partial charge in [0.15, 0.2) is 0 Å². The van der Waals surface area contributed by atoms with E-state index in [1.54, 1.807) is 6.92 Å². The summed E-state index contributed by atoms with van der Waals surface area (Å²) in [5, 5.41) is 0. The minimum Gasteiger partial charge on any atom is -0.330 e. The van der Waals surface area contributed by atoms with E-state index >= 15 is 0 Å². The van der Waals surface area contributed by atoms with Crippen LogP contribution in [0.15, 0.2) is 18.2 Å². The SMILES string of the molecule is C[C@H](CN)c1ccc(F)cc1F. The Balaban J connectivity index is 3.01. The highest BCUT2D eigenvalue weighted by molar-refractivity contribution is 5.22. The van der Waals surface area contributed by atoms with Gasteiger partial charge < -0.3 is 5.73 Å². The van der Waals surface area contributed by atoms with Crippen LogP contribution in [0.3, 0.4) is 0 Å². The van der Waals surface area contributed by atoms with E-state index in [9.17, 15) is 8.78 Å². The molecule has 3 heteroatoms. The summed E-state index contributed by atoms with van der Waals surface area (Å²) < 4.78 is 25.4. The fourth-order valence-corrected chi connectivity index (χ4v) is 1.03. The molecule has 12 heavy (non-hydrogen) atoms. The van der Waals surface area contributed by atoms with Gasteiger partial charge in [-0.15, -0.1) is 0 Å². The Morgan fingerprint density at radius 3 is 2.58 bits per heavy atom. The van der Waals surface area contributed by atoms with Crippen LogP contribution >= 0.6 is 0 Å². The molecule has 0 aliphatic heterocycles. The molecule has 1 atom stereocenters. The third-order valence-corrected chi connectivity index (χ3v) is 1.85. The molecular formula is C9H11F2N. The van der Waals surface area contributed by atoms with E-state index in [1.807, 2.05) is 0 Å². The van der Waals surface area contributed by atoms with Gasteiger partial charge in [-0.1, -0.05) is 13.0 Å². The second kappa shape index (κ2) is 3.63. The van der Waals surface area contributed by atoms with Gasteiger partial charge in [-0.25, -0.2) is 8.78 Å². The predicted octanol–water partition coefficient (Wildman–Crippen LogP) is 2.03. The minimum absolute atomic E-state index is 0.0643. The molecule has 0 aliphatic rings. The van der Waals surface area contributed by atoms with Crippen molar-refractivity contribution in [3.8, 4) is 0 Å². The summed E-state index contributed by atoms with van der Waals surface area (Å²) in [5.41, 5.74) is 5.82. The first kappa shape index (κ1) is 9.13. The number of hydrogen-bond donors (Lipinski definition) is 1. The molecule has 1 rings (SSSR count). The van der Waals surface area contributed by atoms with E-state index in [0.29, 0.717) is 12.1 Å². The van der Waals surface area contributed by atoms with Gasteiger partial charge >= 0.3 is 0 Å². The molecule has 66 valence electrons. The van der Waals surface area contributed by atoms with E-state index in [-0.39, 0.29) is 5.92 Å². The highest BCUT2D eigenvalue weighted by Crippen LogP contribution is 2.18. The first-order valence-corrected chi connectivity index (χ1v) is 3.80. The molecule has 0 spiro atoms. The summed E-state index contributed by atoms with van der Waals surface area (Å²) in [5.74, 6) is -1.14. The number of nitrogens with two attached hydrogens (primary N) is 1. The van der Waals surface area contributed by atoms with Gasteiger partial charge in [-0.2, -0.15) is 0 Å². The number of rotatable bonds is 2. The molecular weight excluding hydrogens is 160 g/mol. The molecule has 2 N–H and O–H groups in total. The van der Waals surface area contributed by atoms with Crippen LogP contribution in [0.25, 0.3) is 0 Å². The largest absolute Gasteiger partial charge is 0.330 e. The zero-order chi connectivity index (χ0) is 9.14. The minimum atomic E-state index is -0.555. The van der Waals surface area contributed by atoms with Crippen molar-refractivity contribution in [2.24, 2.45) is 5.73 Å². The Hall–Kier alpha value is -0.960. The third kappa shape index (κ3) is 1.80. The van der Waals surface area contributed by atoms with E-state index in [0.717, 1.165) is 6.07 Å². The third-order valence-electron chi connectivity index (χ3n) is 1.85. The van der Waals surface area contributed by atoms with E-state index in [2.05, 4.69) is 0 Å². The highest BCUT2D eigenvalue weighted by Gasteiger charge is 2.09. The lowest BCUT2D eigenvalue weighted by atomic mass is 10.0. The lowest BCUT2D eigenvalue weighted by molar-refractivity contribution is 0.560. The lowest BCUT2D eigenvalue weighted by Gasteiger charge is -2.09. The van der Waals surface area contributed by atoms with Gasteiger partial charge in [0.2, 0.25) is 0 Å². The number of halogens is 2. The number of benzene rings is 1. The molecule has 0 amide bonds. The van der Waals surface area contributed by atoms with Crippen LogP contribution in [0.1, 0.15) is 18.4 Å². The maximum Gasteiger partial charge on any atom is 0.129 e. The van der Waals surface area contributed by atoms with E-state index < -0.39 is 11.6 Å². The fourth-order valence-electron chi connectivity index (χ4n) is 1.03. The van der Waals surface area contributed by atoms with Crippen molar-refractivity contribution in [1.82, 2.24) is 0 Å². The van der Waals surface area contributed by atoms with Crippen molar-refractivity contribution < 1.29 is 8.78 Å². The van der Waals surface area contributed by atoms with Gasteiger partial charge in [0.1, 0.15) is 11.6 Å². The standard InChI is InChI=1S/C9H11F2N/c1-6(5-12)8-3-2-7(10)4-9(8)11/h2-4,6H,5,12H2,1H3/t6-/m1/s1. The Morgan fingerprint density at radius 2 is 2.08 bits per heavy atom. The van der Waals surface area contributed by atoms with E-state index in [4.69, 9.17) is 5.73 Å². The summed E-state index contributed by atoms with van der Waals surface area (Å²) in [4.78, 5) is 0. The molecule has 0 saturated carbocycles. The van der Waals surface area contributed by atoms with Gasteiger partial charge in [0, 0.05) is 6.07 Å². The molecule has 0 aliphatic carbocycles. The van der Waals surface area contributed by atoms with Gasteiger partial charge in [-0.3, -0.25) is 0 Å². The average Bonchev–Trinajstić information content (AvgIpc) is 2.03. The highest BCUT2D eigenvalue weighted by atomic mass is 19.1. The second-order valence-electron chi connectivity index (χ2n) is 2.80. The zero-order valence-electron chi connectivity index (χ0n) is 6.85. The summed E-state index contributed by atoms with van der Waals surface area (Å²) >= 11 is 0. The average molecular weight is 171 g/mol. The molecule has 0 radical (unpaired) electrons.